The summed E-state index contributed by atoms with van der Waals surface area (Å²) >= 11 is 0. The summed E-state index contributed by atoms with van der Waals surface area (Å²) in [5.41, 5.74) is 1.91. The van der Waals surface area contributed by atoms with Gasteiger partial charge in [0, 0.05) is 17.8 Å². The minimum absolute atomic E-state index is 0.231. The molecule has 120 valence electrons. The molecule has 2 aromatic carbocycles. The standard InChI is InChI=1S/C16H15FN2O3S/c1-23(21,22)18-14-10-12(6-7-13(14)17)16(20)19-9-8-11-4-2-3-5-15(11)19/h2-7,10,18H,8-9H2,1H3. The zero-order valence-corrected chi connectivity index (χ0v) is 13.2. The molecule has 5 nitrogen and oxygen atoms in total. The molecule has 1 aliphatic rings. The highest BCUT2D eigenvalue weighted by molar-refractivity contribution is 7.92. The van der Waals surface area contributed by atoms with Crippen LogP contribution in [0.1, 0.15) is 15.9 Å². The zero-order valence-electron chi connectivity index (χ0n) is 12.4. The number of anilines is 2. The summed E-state index contributed by atoms with van der Waals surface area (Å²) in [4.78, 5) is 14.3. The van der Waals surface area contributed by atoms with Crippen LogP contribution < -0.4 is 9.62 Å². The summed E-state index contributed by atoms with van der Waals surface area (Å²) < 4.78 is 38.4. The van der Waals surface area contributed by atoms with E-state index in [0.29, 0.717) is 6.54 Å². The van der Waals surface area contributed by atoms with E-state index < -0.39 is 15.8 Å². The molecule has 0 radical (unpaired) electrons. The first-order valence-electron chi connectivity index (χ1n) is 7.02. The summed E-state index contributed by atoms with van der Waals surface area (Å²) in [7, 11) is -3.62. The van der Waals surface area contributed by atoms with Gasteiger partial charge in [0.2, 0.25) is 10.0 Å². The summed E-state index contributed by atoms with van der Waals surface area (Å²) in [5, 5.41) is 0. The Balaban J connectivity index is 1.94. The Morgan fingerprint density at radius 2 is 1.96 bits per heavy atom. The number of carbonyl (C=O) groups excluding carboxylic acids is 1. The van der Waals surface area contributed by atoms with Crippen molar-refractivity contribution in [3.05, 3.63) is 59.4 Å². The third-order valence-corrected chi connectivity index (χ3v) is 4.23. The number of nitrogens with one attached hydrogen (secondary N) is 1. The SMILES string of the molecule is CS(=O)(=O)Nc1cc(C(=O)N2CCc3ccccc32)ccc1F. The van der Waals surface area contributed by atoms with Gasteiger partial charge in [0.05, 0.1) is 11.9 Å². The van der Waals surface area contributed by atoms with Gasteiger partial charge in [-0.1, -0.05) is 18.2 Å². The fraction of sp³-hybridized carbons (Fsp3) is 0.188. The lowest BCUT2D eigenvalue weighted by molar-refractivity contribution is 0.0989. The van der Waals surface area contributed by atoms with E-state index >= 15 is 0 Å². The fourth-order valence-corrected chi connectivity index (χ4v) is 3.20. The number of sulfonamides is 1. The van der Waals surface area contributed by atoms with E-state index in [1.54, 1.807) is 4.90 Å². The number of rotatable bonds is 3. The molecule has 0 spiro atoms. The minimum Gasteiger partial charge on any atom is -0.308 e. The van der Waals surface area contributed by atoms with Crippen LogP contribution in [0.5, 0.6) is 0 Å². The van der Waals surface area contributed by atoms with Gasteiger partial charge >= 0.3 is 0 Å². The molecule has 0 bridgehead atoms. The number of para-hydroxylation sites is 1. The summed E-state index contributed by atoms with van der Waals surface area (Å²) in [5.74, 6) is -1.01. The van der Waals surface area contributed by atoms with E-state index in [9.17, 15) is 17.6 Å². The van der Waals surface area contributed by atoms with E-state index in [4.69, 9.17) is 0 Å². The number of amides is 1. The average Bonchev–Trinajstić information content (AvgIpc) is 2.91. The number of hydrogen-bond donors (Lipinski definition) is 1. The quantitative estimate of drug-likeness (QED) is 0.937. The molecule has 0 saturated carbocycles. The van der Waals surface area contributed by atoms with Crippen LogP contribution in [-0.4, -0.2) is 27.1 Å². The van der Waals surface area contributed by atoms with E-state index in [0.717, 1.165) is 30.0 Å². The Kier molecular flexibility index (Phi) is 3.81. The molecule has 0 aromatic heterocycles. The number of benzene rings is 2. The molecule has 7 heteroatoms. The number of nitrogens with zero attached hydrogens (tertiary/aromatic N) is 1. The maximum atomic E-state index is 13.7. The van der Waals surface area contributed by atoms with Gasteiger partial charge in [-0.05, 0) is 36.2 Å². The first-order chi connectivity index (χ1) is 10.8. The summed E-state index contributed by atoms with van der Waals surface area (Å²) in [6, 6.07) is 11.3. The highest BCUT2D eigenvalue weighted by atomic mass is 32.2. The molecule has 1 heterocycles. The molecule has 0 fully saturated rings. The van der Waals surface area contributed by atoms with Crippen molar-refractivity contribution < 1.29 is 17.6 Å². The van der Waals surface area contributed by atoms with Gasteiger partial charge in [0.15, 0.2) is 0 Å². The van der Waals surface area contributed by atoms with E-state index in [2.05, 4.69) is 4.72 Å². The Morgan fingerprint density at radius 1 is 1.22 bits per heavy atom. The van der Waals surface area contributed by atoms with Crippen molar-refractivity contribution in [2.75, 3.05) is 22.4 Å². The number of carbonyl (C=O) groups is 1. The van der Waals surface area contributed by atoms with Crippen LogP contribution in [-0.2, 0) is 16.4 Å². The van der Waals surface area contributed by atoms with Gasteiger partial charge in [-0.3, -0.25) is 9.52 Å². The molecule has 23 heavy (non-hydrogen) atoms. The lowest BCUT2D eigenvalue weighted by atomic mass is 10.1. The third kappa shape index (κ3) is 3.19. The van der Waals surface area contributed by atoms with E-state index in [1.165, 1.54) is 12.1 Å². The summed E-state index contributed by atoms with van der Waals surface area (Å²) in [6.07, 6.45) is 1.69. The smallest absolute Gasteiger partial charge is 0.258 e. The van der Waals surface area contributed by atoms with Gasteiger partial charge < -0.3 is 4.90 Å². The van der Waals surface area contributed by atoms with Gasteiger partial charge in [-0.15, -0.1) is 0 Å². The average molecular weight is 334 g/mol. The molecular formula is C16H15FN2O3S. The van der Waals surface area contributed by atoms with Crippen LogP contribution in [0.25, 0.3) is 0 Å². The lowest BCUT2D eigenvalue weighted by Crippen LogP contribution is -2.29. The number of hydrogen-bond acceptors (Lipinski definition) is 3. The van der Waals surface area contributed by atoms with Crippen LogP contribution in [0.4, 0.5) is 15.8 Å². The van der Waals surface area contributed by atoms with Crippen molar-refractivity contribution >= 4 is 27.3 Å². The second-order valence-corrected chi connectivity index (χ2v) is 7.15. The molecule has 0 unspecified atom stereocenters. The second-order valence-electron chi connectivity index (χ2n) is 5.40. The topological polar surface area (TPSA) is 66.5 Å². The maximum absolute atomic E-state index is 13.7. The van der Waals surface area contributed by atoms with E-state index in [-0.39, 0.29) is 17.2 Å². The second kappa shape index (κ2) is 5.66. The van der Waals surface area contributed by atoms with Crippen LogP contribution in [0.15, 0.2) is 42.5 Å². The maximum Gasteiger partial charge on any atom is 0.258 e. The molecule has 1 N–H and O–H groups in total. The van der Waals surface area contributed by atoms with Crippen molar-refractivity contribution in [1.29, 1.82) is 0 Å². The Morgan fingerprint density at radius 3 is 2.70 bits per heavy atom. The largest absolute Gasteiger partial charge is 0.308 e. The molecular weight excluding hydrogens is 319 g/mol. The minimum atomic E-state index is -3.62. The molecule has 1 aliphatic heterocycles. The predicted molar refractivity (Wildman–Crippen MR) is 86.7 cm³/mol. The van der Waals surface area contributed by atoms with Crippen molar-refractivity contribution in [2.24, 2.45) is 0 Å². The van der Waals surface area contributed by atoms with Gasteiger partial charge in [-0.2, -0.15) is 0 Å². The third-order valence-electron chi connectivity index (χ3n) is 3.64. The Labute approximate surface area is 133 Å². The highest BCUT2D eigenvalue weighted by Gasteiger charge is 2.25. The van der Waals surface area contributed by atoms with Crippen molar-refractivity contribution in [1.82, 2.24) is 0 Å². The van der Waals surface area contributed by atoms with Crippen molar-refractivity contribution in [2.45, 2.75) is 6.42 Å². The van der Waals surface area contributed by atoms with Gasteiger partial charge in [0.25, 0.3) is 5.91 Å². The van der Waals surface area contributed by atoms with Crippen LogP contribution in [0.3, 0.4) is 0 Å². The molecule has 0 saturated heterocycles. The van der Waals surface area contributed by atoms with Crippen LogP contribution in [0, 0.1) is 5.82 Å². The Hall–Kier alpha value is -2.41. The normalized spacial score (nSPS) is 13.7. The first kappa shape index (κ1) is 15.5. The van der Waals surface area contributed by atoms with Crippen molar-refractivity contribution in [3.63, 3.8) is 0 Å². The zero-order chi connectivity index (χ0) is 16.6. The monoisotopic (exact) mass is 334 g/mol. The Bertz CT molecular complexity index is 881. The molecule has 0 aliphatic carbocycles. The molecule has 1 amide bonds. The fourth-order valence-electron chi connectivity index (χ4n) is 2.64. The van der Waals surface area contributed by atoms with Crippen LogP contribution >= 0.6 is 0 Å². The van der Waals surface area contributed by atoms with Crippen LogP contribution in [0.2, 0.25) is 0 Å². The van der Waals surface area contributed by atoms with E-state index in [1.807, 2.05) is 24.3 Å². The first-order valence-corrected chi connectivity index (χ1v) is 8.91. The summed E-state index contributed by atoms with van der Waals surface area (Å²) in [6.45, 7) is 0.546. The lowest BCUT2D eigenvalue weighted by Gasteiger charge is -2.18. The number of halogens is 1. The molecule has 2 aromatic rings. The van der Waals surface area contributed by atoms with Crippen molar-refractivity contribution in [3.8, 4) is 0 Å². The van der Waals surface area contributed by atoms with Gasteiger partial charge in [-0.25, -0.2) is 12.8 Å². The molecule has 0 atom stereocenters. The number of fused-ring (bicyclic) bond motifs is 1. The highest BCUT2D eigenvalue weighted by Crippen LogP contribution is 2.29. The van der Waals surface area contributed by atoms with Gasteiger partial charge in [0.1, 0.15) is 5.82 Å². The predicted octanol–water partition coefficient (Wildman–Crippen LogP) is 2.40. The molecule has 3 rings (SSSR count).